The van der Waals surface area contributed by atoms with E-state index in [-0.39, 0.29) is 17.4 Å². The Balaban J connectivity index is 1.39. The molecule has 2 aromatic carbocycles. The number of aromatic nitrogens is 3. The Morgan fingerprint density at radius 1 is 1.14 bits per heavy atom. The molecule has 0 fully saturated rings. The Morgan fingerprint density at radius 3 is 2.71 bits per heavy atom. The zero-order valence-electron chi connectivity index (χ0n) is 19.0. The fourth-order valence-corrected chi connectivity index (χ4v) is 4.66. The SMILES string of the molecule is Cc1ccn(-c2ccc(NC(=O)c3cccc(Br)c3)cc2)c(=O)c1N1CCc2nc(N)ncc2C1. The van der Waals surface area contributed by atoms with Crippen LogP contribution in [0.4, 0.5) is 17.3 Å². The summed E-state index contributed by atoms with van der Waals surface area (Å²) in [5.41, 5.74) is 11.0. The minimum atomic E-state index is -0.204. The average Bonchev–Trinajstić information content (AvgIpc) is 2.85. The lowest BCUT2D eigenvalue weighted by Crippen LogP contribution is -2.37. The van der Waals surface area contributed by atoms with Crippen LogP contribution in [0.3, 0.4) is 0 Å². The zero-order chi connectivity index (χ0) is 24.5. The number of halogens is 1. The van der Waals surface area contributed by atoms with E-state index in [1.54, 1.807) is 41.2 Å². The van der Waals surface area contributed by atoms with Gasteiger partial charge in [-0.2, -0.15) is 0 Å². The highest BCUT2D eigenvalue weighted by molar-refractivity contribution is 9.10. The Kier molecular flexibility index (Phi) is 6.08. The first-order valence-corrected chi connectivity index (χ1v) is 11.9. The highest BCUT2D eigenvalue weighted by Gasteiger charge is 2.23. The second kappa shape index (κ2) is 9.34. The number of fused-ring (bicyclic) bond motifs is 1. The van der Waals surface area contributed by atoms with Crippen molar-refractivity contribution in [2.45, 2.75) is 19.9 Å². The van der Waals surface area contributed by atoms with Gasteiger partial charge in [0.1, 0.15) is 5.69 Å². The molecule has 1 aliphatic rings. The predicted molar refractivity (Wildman–Crippen MR) is 140 cm³/mol. The van der Waals surface area contributed by atoms with Crippen molar-refractivity contribution in [2.75, 3.05) is 22.5 Å². The van der Waals surface area contributed by atoms with Crippen molar-refractivity contribution in [3.05, 3.63) is 104 Å². The molecule has 0 spiro atoms. The number of rotatable bonds is 4. The van der Waals surface area contributed by atoms with Gasteiger partial charge in [-0.1, -0.05) is 22.0 Å². The van der Waals surface area contributed by atoms with Crippen LogP contribution in [0, 0.1) is 6.92 Å². The number of nitrogens with two attached hydrogens (primary N) is 1. The van der Waals surface area contributed by atoms with E-state index in [0.717, 1.165) is 21.3 Å². The van der Waals surface area contributed by atoms with Crippen molar-refractivity contribution in [3.63, 3.8) is 0 Å². The molecule has 35 heavy (non-hydrogen) atoms. The number of benzene rings is 2. The maximum atomic E-state index is 13.5. The summed E-state index contributed by atoms with van der Waals surface area (Å²) < 4.78 is 2.46. The largest absolute Gasteiger partial charge is 0.368 e. The first-order valence-electron chi connectivity index (χ1n) is 11.1. The third kappa shape index (κ3) is 4.67. The molecular formula is C26H23BrN6O2. The molecule has 0 aliphatic carbocycles. The van der Waals surface area contributed by atoms with Crippen LogP contribution < -0.4 is 21.5 Å². The fraction of sp³-hybridized carbons (Fsp3) is 0.154. The van der Waals surface area contributed by atoms with Gasteiger partial charge in [-0.25, -0.2) is 9.97 Å². The molecule has 8 nitrogen and oxygen atoms in total. The number of hydrogen-bond donors (Lipinski definition) is 2. The molecule has 0 atom stereocenters. The maximum absolute atomic E-state index is 13.5. The molecule has 0 saturated carbocycles. The van der Waals surface area contributed by atoms with Gasteiger partial charge in [0.25, 0.3) is 11.5 Å². The van der Waals surface area contributed by atoms with Crippen molar-refractivity contribution in [3.8, 4) is 5.69 Å². The van der Waals surface area contributed by atoms with Crippen molar-refractivity contribution in [2.24, 2.45) is 0 Å². The summed E-state index contributed by atoms with van der Waals surface area (Å²) >= 11 is 3.38. The highest BCUT2D eigenvalue weighted by Crippen LogP contribution is 2.24. The molecule has 9 heteroatoms. The number of nitrogens with one attached hydrogen (secondary N) is 1. The lowest BCUT2D eigenvalue weighted by molar-refractivity contribution is 0.102. The van der Waals surface area contributed by atoms with E-state index in [2.05, 4.69) is 36.1 Å². The molecule has 4 aromatic rings. The number of nitrogen functional groups attached to an aromatic ring is 1. The zero-order valence-corrected chi connectivity index (χ0v) is 20.6. The maximum Gasteiger partial charge on any atom is 0.278 e. The standard InChI is InChI=1S/C26H23BrN6O2/c1-16-9-12-33(25(35)23(16)32-11-10-22-18(15-32)14-29-26(28)31-22)21-7-5-20(6-8-21)30-24(34)17-3-2-4-19(27)13-17/h2-9,12-14H,10-11,15H2,1H3,(H,30,34)(H2,28,29,31). The molecule has 1 amide bonds. The van der Waals surface area contributed by atoms with E-state index in [4.69, 9.17) is 5.73 Å². The van der Waals surface area contributed by atoms with Crippen LogP contribution in [0.1, 0.15) is 27.2 Å². The lowest BCUT2D eigenvalue weighted by Gasteiger charge is -2.30. The number of amides is 1. The number of nitrogens with zero attached hydrogens (tertiary/aromatic N) is 4. The monoisotopic (exact) mass is 530 g/mol. The van der Waals surface area contributed by atoms with Crippen LogP contribution in [0.25, 0.3) is 5.69 Å². The summed E-state index contributed by atoms with van der Waals surface area (Å²) in [5.74, 6) is 0.0664. The van der Waals surface area contributed by atoms with Crippen LogP contribution in [-0.4, -0.2) is 27.0 Å². The average molecular weight is 531 g/mol. The quantitative estimate of drug-likeness (QED) is 0.411. The molecule has 0 unspecified atom stereocenters. The van der Waals surface area contributed by atoms with Gasteiger partial charge in [-0.05, 0) is 61.0 Å². The Morgan fingerprint density at radius 2 is 1.94 bits per heavy atom. The van der Waals surface area contributed by atoms with Gasteiger partial charge in [-0.3, -0.25) is 14.2 Å². The first-order chi connectivity index (χ1) is 16.9. The van der Waals surface area contributed by atoms with E-state index in [1.807, 2.05) is 37.3 Å². The van der Waals surface area contributed by atoms with Gasteiger partial charge >= 0.3 is 0 Å². The normalized spacial score (nSPS) is 12.8. The number of hydrogen-bond acceptors (Lipinski definition) is 6. The number of anilines is 3. The third-order valence-corrected chi connectivity index (χ3v) is 6.52. The van der Waals surface area contributed by atoms with Crippen LogP contribution in [0.5, 0.6) is 0 Å². The van der Waals surface area contributed by atoms with E-state index in [9.17, 15) is 9.59 Å². The van der Waals surface area contributed by atoms with Crippen LogP contribution in [-0.2, 0) is 13.0 Å². The molecule has 2 aromatic heterocycles. The summed E-state index contributed by atoms with van der Waals surface area (Å²) in [4.78, 5) is 36.6. The fourth-order valence-electron chi connectivity index (χ4n) is 4.26. The van der Waals surface area contributed by atoms with Crippen LogP contribution in [0.15, 0.2) is 76.3 Å². The van der Waals surface area contributed by atoms with E-state index >= 15 is 0 Å². The van der Waals surface area contributed by atoms with E-state index < -0.39 is 0 Å². The minimum absolute atomic E-state index is 0.101. The molecular weight excluding hydrogens is 508 g/mol. The molecule has 0 saturated heterocycles. The topological polar surface area (TPSA) is 106 Å². The second-order valence-electron chi connectivity index (χ2n) is 8.41. The van der Waals surface area contributed by atoms with Crippen molar-refractivity contribution in [1.82, 2.24) is 14.5 Å². The van der Waals surface area contributed by atoms with E-state index in [0.29, 0.717) is 42.1 Å². The summed E-state index contributed by atoms with van der Waals surface area (Å²) in [7, 11) is 0. The van der Waals surface area contributed by atoms with Gasteiger partial charge in [-0.15, -0.1) is 0 Å². The lowest BCUT2D eigenvalue weighted by atomic mass is 10.1. The Hall–Kier alpha value is -3.98. The van der Waals surface area contributed by atoms with Crippen molar-refractivity contribution < 1.29 is 4.79 Å². The molecule has 0 bridgehead atoms. The number of carbonyl (C=O) groups is 1. The summed E-state index contributed by atoms with van der Waals surface area (Å²) in [5, 5.41) is 2.89. The minimum Gasteiger partial charge on any atom is -0.368 e. The molecule has 3 N–H and O–H groups in total. The van der Waals surface area contributed by atoms with Crippen LogP contribution in [0.2, 0.25) is 0 Å². The third-order valence-electron chi connectivity index (χ3n) is 6.03. The summed E-state index contributed by atoms with van der Waals surface area (Å²) in [6, 6.07) is 16.3. The first kappa shape index (κ1) is 22.8. The Labute approximate surface area is 210 Å². The number of carbonyl (C=O) groups excluding carboxylic acids is 1. The van der Waals surface area contributed by atoms with Gasteiger partial charge < -0.3 is 16.0 Å². The van der Waals surface area contributed by atoms with Crippen molar-refractivity contribution >= 4 is 39.2 Å². The van der Waals surface area contributed by atoms with Crippen molar-refractivity contribution in [1.29, 1.82) is 0 Å². The van der Waals surface area contributed by atoms with E-state index in [1.165, 1.54) is 0 Å². The predicted octanol–water partition coefficient (Wildman–Crippen LogP) is 4.10. The Bertz CT molecular complexity index is 1480. The molecule has 3 heterocycles. The van der Waals surface area contributed by atoms with Gasteiger partial charge in [0.15, 0.2) is 0 Å². The smallest absolute Gasteiger partial charge is 0.278 e. The number of pyridine rings is 1. The van der Waals surface area contributed by atoms with Crippen LogP contribution >= 0.6 is 15.9 Å². The summed E-state index contributed by atoms with van der Waals surface area (Å²) in [6.07, 6.45) is 4.21. The molecule has 5 rings (SSSR count). The number of aryl methyl sites for hydroxylation is 1. The van der Waals surface area contributed by atoms with Gasteiger partial charge in [0, 0.05) is 58.9 Å². The van der Waals surface area contributed by atoms with Gasteiger partial charge in [0.05, 0.1) is 5.69 Å². The second-order valence-corrected chi connectivity index (χ2v) is 9.32. The molecule has 0 radical (unpaired) electrons. The summed E-state index contributed by atoms with van der Waals surface area (Å²) in [6.45, 7) is 3.16. The van der Waals surface area contributed by atoms with Gasteiger partial charge in [0.2, 0.25) is 5.95 Å². The molecule has 176 valence electrons. The highest BCUT2D eigenvalue weighted by atomic mass is 79.9. The molecule has 1 aliphatic heterocycles.